The number of hydrogen-bond acceptors (Lipinski definition) is 5. The van der Waals surface area contributed by atoms with E-state index in [1.54, 1.807) is 11.8 Å². The van der Waals surface area contributed by atoms with Crippen molar-refractivity contribution in [3.05, 3.63) is 59.9 Å². The monoisotopic (exact) mass is 425 g/mol. The molecule has 1 aromatic heterocycles. The molecule has 0 aliphatic heterocycles. The Bertz CT molecular complexity index is 1010. The van der Waals surface area contributed by atoms with Crippen molar-refractivity contribution < 1.29 is 14.3 Å². The van der Waals surface area contributed by atoms with E-state index >= 15 is 0 Å². The van der Waals surface area contributed by atoms with Gasteiger partial charge in [-0.05, 0) is 48.4 Å². The highest BCUT2D eigenvalue weighted by atomic mass is 32.2. The fraction of sp³-hybridized carbons (Fsp3) is 0.348. The Morgan fingerprint density at radius 3 is 2.60 bits per heavy atom. The lowest BCUT2D eigenvalue weighted by molar-refractivity contribution is -0.147. The summed E-state index contributed by atoms with van der Waals surface area (Å²) < 4.78 is 7.05. The Morgan fingerprint density at radius 1 is 1.17 bits per heavy atom. The van der Waals surface area contributed by atoms with E-state index in [0.29, 0.717) is 17.4 Å². The zero-order valence-corrected chi connectivity index (χ0v) is 18.4. The molecule has 0 unspecified atom stereocenters. The van der Waals surface area contributed by atoms with Crippen molar-refractivity contribution in [3.63, 3.8) is 0 Å². The molecule has 7 heteroatoms. The van der Waals surface area contributed by atoms with Crippen LogP contribution in [-0.2, 0) is 26.6 Å². The van der Waals surface area contributed by atoms with Crippen molar-refractivity contribution >= 4 is 40.4 Å². The molecule has 3 aromatic rings. The quantitative estimate of drug-likeness (QED) is 0.508. The third kappa shape index (κ3) is 5.42. The van der Waals surface area contributed by atoms with E-state index in [9.17, 15) is 9.59 Å². The number of nitrogens with zero attached hydrogens (tertiary/aromatic N) is 2. The van der Waals surface area contributed by atoms with Crippen molar-refractivity contribution in [1.29, 1.82) is 0 Å². The number of aromatic nitrogens is 2. The molecule has 0 aliphatic carbocycles. The lowest BCUT2D eigenvalue weighted by Crippen LogP contribution is -2.23. The summed E-state index contributed by atoms with van der Waals surface area (Å²) in [7, 11) is 0. The third-order valence-electron chi connectivity index (χ3n) is 5.03. The van der Waals surface area contributed by atoms with Crippen LogP contribution < -0.4 is 5.32 Å². The van der Waals surface area contributed by atoms with Crippen LogP contribution in [0, 0.1) is 0 Å². The van der Waals surface area contributed by atoms with Gasteiger partial charge in [0.25, 0.3) is 5.91 Å². The molecule has 0 radical (unpaired) electrons. The van der Waals surface area contributed by atoms with Gasteiger partial charge in [-0.3, -0.25) is 9.59 Å². The van der Waals surface area contributed by atoms with Crippen LogP contribution in [0.3, 0.4) is 0 Å². The fourth-order valence-electron chi connectivity index (χ4n) is 3.19. The number of esters is 1. The van der Waals surface area contributed by atoms with Gasteiger partial charge in [0.15, 0.2) is 6.61 Å². The number of ether oxygens (including phenoxy) is 1. The molecule has 2 aromatic carbocycles. The van der Waals surface area contributed by atoms with Gasteiger partial charge in [-0.15, -0.1) is 0 Å². The molecule has 1 heterocycles. The van der Waals surface area contributed by atoms with E-state index in [0.717, 1.165) is 23.3 Å². The lowest BCUT2D eigenvalue weighted by atomic mass is 9.99. The maximum atomic E-state index is 12.4. The van der Waals surface area contributed by atoms with E-state index in [4.69, 9.17) is 4.74 Å². The van der Waals surface area contributed by atoms with Gasteiger partial charge in [0.1, 0.15) is 12.4 Å². The normalized spacial score (nSPS) is 12.0. The first-order valence-electron chi connectivity index (χ1n) is 10.00. The second-order valence-electron chi connectivity index (χ2n) is 7.18. The number of rotatable bonds is 9. The Morgan fingerprint density at radius 2 is 1.90 bits per heavy atom. The molecular weight excluding hydrogens is 398 g/mol. The van der Waals surface area contributed by atoms with Crippen LogP contribution >= 0.6 is 11.8 Å². The predicted molar refractivity (Wildman–Crippen MR) is 122 cm³/mol. The van der Waals surface area contributed by atoms with E-state index in [1.165, 1.54) is 5.56 Å². The topological polar surface area (TPSA) is 73.2 Å². The number of thioether (sulfide) groups is 1. The number of hydrogen-bond donors (Lipinski definition) is 1. The number of amides is 1. The Kier molecular flexibility index (Phi) is 7.52. The largest absolute Gasteiger partial charge is 0.454 e. The number of para-hydroxylation sites is 2. The molecule has 0 spiro atoms. The van der Waals surface area contributed by atoms with E-state index in [2.05, 4.69) is 24.1 Å². The number of imidazole rings is 1. The summed E-state index contributed by atoms with van der Waals surface area (Å²) in [6.07, 6.45) is 3.05. The Balaban J connectivity index is 1.56. The summed E-state index contributed by atoms with van der Waals surface area (Å²) in [5.41, 5.74) is 3.64. The number of benzene rings is 2. The molecule has 0 fully saturated rings. The molecule has 6 nitrogen and oxygen atoms in total. The second kappa shape index (κ2) is 10.3. The van der Waals surface area contributed by atoms with Gasteiger partial charge < -0.3 is 14.6 Å². The first-order chi connectivity index (χ1) is 14.5. The molecule has 0 saturated heterocycles. The number of carbonyl (C=O) groups excluding carboxylic acids is 2. The molecule has 30 heavy (non-hydrogen) atoms. The van der Waals surface area contributed by atoms with Gasteiger partial charge in [-0.1, -0.05) is 38.1 Å². The van der Waals surface area contributed by atoms with Crippen molar-refractivity contribution in [2.45, 2.75) is 38.5 Å². The molecule has 1 amide bonds. The zero-order chi connectivity index (χ0) is 21.5. The second-order valence-corrected chi connectivity index (χ2v) is 8.04. The van der Waals surface area contributed by atoms with Crippen LogP contribution in [0.4, 0.5) is 5.69 Å². The minimum absolute atomic E-state index is 0.0211. The number of nitrogens with one attached hydrogen (secondary N) is 1. The third-order valence-corrected chi connectivity index (χ3v) is 5.58. The summed E-state index contributed by atoms with van der Waals surface area (Å²) >= 11 is 1.64. The van der Waals surface area contributed by atoms with Gasteiger partial charge in [0.05, 0.1) is 16.8 Å². The Labute approximate surface area is 181 Å². The highest BCUT2D eigenvalue weighted by molar-refractivity contribution is 7.97. The van der Waals surface area contributed by atoms with Gasteiger partial charge >= 0.3 is 5.97 Å². The summed E-state index contributed by atoms with van der Waals surface area (Å²) in [5, 5.41) is 2.76. The SMILES string of the molecule is CC[C@@H](C)c1ccc(NC(=O)COC(=O)Cn2c(CSC)nc3ccccc32)cc1. The molecule has 1 N–H and O–H groups in total. The summed E-state index contributed by atoms with van der Waals surface area (Å²) in [6, 6.07) is 15.4. The number of fused-ring (bicyclic) bond motifs is 1. The average Bonchev–Trinajstić information content (AvgIpc) is 3.09. The smallest absolute Gasteiger partial charge is 0.326 e. The molecule has 158 valence electrons. The zero-order valence-electron chi connectivity index (χ0n) is 17.6. The van der Waals surface area contributed by atoms with Gasteiger partial charge in [-0.25, -0.2) is 4.98 Å². The van der Waals surface area contributed by atoms with Gasteiger partial charge in [-0.2, -0.15) is 11.8 Å². The van der Waals surface area contributed by atoms with Gasteiger partial charge in [0, 0.05) is 5.69 Å². The van der Waals surface area contributed by atoms with E-state index < -0.39 is 5.97 Å². The molecule has 0 aliphatic rings. The molecule has 3 rings (SSSR count). The highest BCUT2D eigenvalue weighted by Crippen LogP contribution is 2.21. The maximum absolute atomic E-state index is 12.4. The molecular formula is C23H27N3O3S. The van der Waals surface area contributed by atoms with Crippen LogP contribution in [0.2, 0.25) is 0 Å². The van der Waals surface area contributed by atoms with E-state index in [1.807, 2.05) is 59.4 Å². The van der Waals surface area contributed by atoms with Crippen molar-refractivity contribution in [2.24, 2.45) is 0 Å². The fourth-order valence-corrected chi connectivity index (χ4v) is 3.67. The van der Waals surface area contributed by atoms with Crippen LogP contribution in [0.5, 0.6) is 0 Å². The van der Waals surface area contributed by atoms with Crippen LogP contribution in [0.1, 0.15) is 37.6 Å². The predicted octanol–water partition coefficient (Wildman–Crippen LogP) is 4.59. The minimum Gasteiger partial charge on any atom is -0.454 e. The highest BCUT2D eigenvalue weighted by Gasteiger charge is 2.15. The Hall–Kier alpha value is -2.80. The van der Waals surface area contributed by atoms with Crippen LogP contribution in [0.25, 0.3) is 11.0 Å². The summed E-state index contributed by atoms with van der Waals surface area (Å²) in [4.78, 5) is 29.1. The van der Waals surface area contributed by atoms with Crippen molar-refractivity contribution in [1.82, 2.24) is 9.55 Å². The molecule has 0 saturated carbocycles. The lowest BCUT2D eigenvalue weighted by Gasteiger charge is -2.11. The van der Waals surface area contributed by atoms with Crippen LogP contribution in [0.15, 0.2) is 48.5 Å². The maximum Gasteiger partial charge on any atom is 0.326 e. The average molecular weight is 426 g/mol. The van der Waals surface area contributed by atoms with Crippen molar-refractivity contribution in [2.75, 3.05) is 18.2 Å². The first kappa shape index (κ1) is 21.9. The number of anilines is 1. The standard InChI is InChI=1S/C23H27N3O3S/c1-4-16(2)17-9-11-18(12-10-17)24-22(27)14-29-23(28)13-26-20-8-6-5-7-19(20)25-21(26)15-30-3/h5-12,16H,4,13-15H2,1-3H3,(H,24,27)/t16-/m1/s1. The van der Waals surface area contributed by atoms with Crippen molar-refractivity contribution in [3.8, 4) is 0 Å². The molecule has 1 atom stereocenters. The van der Waals surface area contributed by atoms with Gasteiger partial charge in [0.2, 0.25) is 0 Å². The minimum atomic E-state index is -0.470. The first-order valence-corrected chi connectivity index (χ1v) is 11.4. The van der Waals surface area contributed by atoms with E-state index in [-0.39, 0.29) is 19.1 Å². The summed E-state index contributed by atoms with van der Waals surface area (Å²) in [6.45, 7) is 4.01. The van der Waals surface area contributed by atoms with Crippen LogP contribution in [-0.4, -0.2) is 34.3 Å². The number of carbonyl (C=O) groups is 2. The summed E-state index contributed by atoms with van der Waals surface area (Å²) in [5.74, 6) is 1.15. The molecule has 0 bridgehead atoms.